The molecule has 2 unspecified atom stereocenters. The molecule has 0 bridgehead atoms. The van der Waals surface area contributed by atoms with Crippen molar-refractivity contribution in [1.29, 1.82) is 0 Å². The van der Waals surface area contributed by atoms with Gasteiger partial charge in [0.2, 0.25) is 0 Å². The summed E-state index contributed by atoms with van der Waals surface area (Å²) in [4.78, 5) is 0. The first-order valence-electron chi connectivity index (χ1n) is 6.70. The Balaban J connectivity index is 2.30. The van der Waals surface area contributed by atoms with Crippen LogP contribution in [-0.4, -0.2) is 0 Å². The first-order valence-corrected chi connectivity index (χ1v) is 6.70. The van der Waals surface area contributed by atoms with Gasteiger partial charge in [-0.1, -0.05) is 49.4 Å². The van der Waals surface area contributed by atoms with Gasteiger partial charge in [-0.25, -0.2) is 4.39 Å². The third-order valence-electron chi connectivity index (χ3n) is 3.67. The van der Waals surface area contributed by atoms with Crippen molar-refractivity contribution in [3.05, 3.63) is 71.0 Å². The number of benzene rings is 2. The van der Waals surface area contributed by atoms with E-state index in [0.717, 1.165) is 12.0 Å². The van der Waals surface area contributed by atoms with Crippen LogP contribution in [0.3, 0.4) is 0 Å². The minimum absolute atomic E-state index is 0.105. The Morgan fingerprint density at radius 1 is 1.05 bits per heavy atom. The van der Waals surface area contributed by atoms with E-state index in [9.17, 15) is 4.39 Å². The van der Waals surface area contributed by atoms with Crippen LogP contribution >= 0.6 is 0 Å². The van der Waals surface area contributed by atoms with Gasteiger partial charge in [-0.3, -0.25) is 0 Å². The number of aryl methyl sites for hydroxylation is 1. The van der Waals surface area contributed by atoms with Gasteiger partial charge in [0.05, 0.1) is 0 Å². The summed E-state index contributed by atoms with van der Waals surface area (Å²) in [5.74, 6) is 0.0785. The molecule has 2 rings (SSSR count). The van der Waals surface area contributed by atoms with Gasteiger partial charge in [-0.15, -0.1) is 0 Å². The summed E-state index contributed by atoms with van der Waals surface area (Å²) in [6, 6.07) is 15.3. The topological polar surface area (TPSA) is 26.0 Å². The second kappa shape index (κ2) is 5.98. The first-order chi connectivity index (χ1) is 9.13. The number of nitrogens with two attached hydrogens (primary N) is 1. The molecule has 0 aromatic heterocycles. The number of hydrogen-bond donors (Lipinski definition) is 1. The molecule has 1 nitrogen and oxygen atoms in total. The van der Waals surface area contributed by atoms with E-state index in [1.165, 1.54) is 11.6 Å². The fraction of sp³-hybridized carbons (Fsp3) is 0.294. The van der Waals surface area contributed by atoms with E-state index < -0.39 is 0 Å². The molecule has 2 aromatic rings. The number of rotatable bonds is 4. The van der Waals surface area contributed by atoms with E-state index in [1.54, 1.807) is 13.0 Å². The Bertz CT molecular complexity index is 536. The highest BCUT2D eigenvalue weighted by Crippen LogP contribution is 2.32. The zero-order valence-electron chi connectivity index (χ0n) is 11.4. The molecule has 2 atom stereocenters. The van der Waals surface area contributed by atoms with Crippen molar-refractivity contribution in [1.82, 2.24) is 0 Å². The molecule has 0 amide bonds. The lowest BCUT2D eigenvalue weighted by Crippen LogP contribution is -2.19. The van der Waals surface area contributed by atoms with Gasteiger partial charge in [0.1, 0.15) is 5.82 Å². The Hall–Kier alpha value is -1.67. The first kappa shape index (κ1) is 13.8. The Labute approximate surface area is 114 Å². The quantitative estimate of drug-likeness (QED) is 0.867. The number of halogens is 1. The van der Waals surface area contributed by atoms with Crippen LogP contribution in [0.5, 0.6) is 0 Å². The second-order valence-corrected chi connectivity index (χ2v) is 4.96. The maximum atomic E-state index is 13.3. The minimum Gasteiger partial charge on any atom is -0.323 e. The van der Waals surface area contributed by atoms with Gasteiger partial charge in [-0.05, 0) is 36.1 Å². The summed E-state index contributed by atoms with van der Waals surface area (Å²) in [5.41, 5.74) is 9.26. The molecular formula is C17H20FN. The summed E-state index contributed by atoms with van der Waals surface area (Å²) < 4.78 is 13.3. The van der Waals surface area contributed by atoms with Crippen LogP contribution in [0.25, 0.3) is 0 Å². The molecular weight excluding hydrogens is 237 g/mol. The SMILES string of the molecule is CCC(c1ccccc1)C(N)c1ccc(F)c(C)c1. The summed E-state index contributed by atoms with van der Waals surface area (Å²) in [6.07, 6.45) is 0.960. The van der Waals surface area contributed by atoms with Crippen molar-refractivity contribution in [3.8, 4) is 0 Å². The smallest absolute Gasteiger partial charge is 0.126 e. The molecule has 0 heterocycles. The van der Waals surface area contributed by atoms with E-state index in [2.05, 4.69) is 19.1 Å². The number of hydrogen-bond acceptors (Lipinski definition) is 1. The predicted octanol–water partition coefficient (Wildman–Crippen LogP) is 4.33. The van der Waals surface area contributed by atoms with Crippen molar-refractivity contribution >= 4 is 0 Å². The van der Waals surface area contributed by atoms with E-state index in [1.807, 2.05) is 24.3 Å². The highest BCUT2D eigenvalue weighted by molar-refractivity contribution is 5.31. The largest absolute Gasteiger partial charge is 0.323 e. The Kier molecular flexibility index (Phi) is 4.33. The normalized spacial score (nSPS) is 14.1. The average molecular weight is 257 g/mol. The molecule has 0 fully saturated rings. The fourth-order valence-corrected chi connectivity index (χ4v) is 2.50. The van der Waals surface area contributed by atoms with Crippen molar-refractivity contribution in [2.24, 2.45) is 5.73 Å². The maximum Gasteiger partial charge on any atom is 0.126 e. The molecule has 19 heavy (non-hydrogen) atoms. The zero-order valence-corrected chi connectivity index (χ0v) is 11.4. The third kappa shape index (κ3) is 3.02. The van der Waals surface area contributed by atoms with Gasteiger partial charge < -0.3 is 5.73 Å². The molecule has 0 saturated carbocycles. The molecule has 0 saturated heterocycles. The molecule has 2 heteroatoms. The summed E-state index contributed by atoms with van der Waals surface area (Å²) >= 11 is 0. The Morgan fingerprint density at radius 2 is 1.74 bits per heavy atom. The minimum atomic E-state index is -0.177. The Morgan fingerprint density at radius 3 is 2.32 bits per heavy atom. The second-order valence-electron chi connectivity index (χ2n) is 4.96. The van der Waals surface area contributed by atoms with E-state index in [-0.39, 0.29) is 17.8 Å². The lowest BCUT2D eigenvalue weighted by atomic mass is 9.85. The molecule has 100 valence electrons. The van der Waals surface area contributed by atoms with Crippen LogP contribution in [0.4, 0.5) is 4.39 Å². The lowest BCUT2D eigenvalue weighted by molar-refractivity contribution is 0.536. The predicted molar refractivity (Wildman–Crippen MR) is 77.5 cm³/mol. The van der Waals surface area contributed by atoms with E-state index >= 15 is 0 Å². The van der Waals surface area contributed by atoms with Crippen LogP contribution < -0.4 is 5.73 Å². The van der Waals surface area contributed by atoms with Crippen molar-refractivity contribution in [2.75, 3.05) is 0 Å². The summed E-state index contributed by atoms with van der Waals surface area (Å²) in [5, 5.41) is 0. The van der Waals surface area contributed by atoms with Gasteiger partial charge in [0, 0.05) is 12.0 Å². The van der Waals surface area contributed by atoms with Gasteiger partial charge in [0.25, 0.3) is 0 Å². The average Bonchev–Trinajstić information content (AvgIpc) is 2.44. The molecule has 0 aliphatic heterocycles. The van der Waals surface area contributed by atoms with Gasteiger partial charge in [-0.2, -0.15) is 0 Å². The van der Waals surface area contributed by atoms with Crippen molar-refractivity contribution in [2.45, 2.75) is 32.2 Å². The lowest BCUT2D eigenvalue weighted by Gasteiger charge is -2.24. The van der Waals surface area contributed by atoms with Gasteiger partial charge in [0.15, 0.2) is 0 Å². The monoisotopic (exact) mass is 257 g/mol. The molecule has 0 spiro atoms. The zero-order chi connectivity index (χ0) is 13.8. The molecule has 0 radical (unpaired) electrons. The van der Waals surface area contributed by atoms with Crippen molar-refractivity contribution < 1.29 is 4.39 Å². The van der Waals surface area contributed by atoms with Crippen LogP contribution in [0.2, 0.25) is 0 Å². The molecule has 2 N–H and O–H groups in total. The van der Waals surface area contributed by atoms with E-state index in [4.69, 9.17) is 5.73 Å². The van der Waals surface area contributed by atoms with E-state index in [0.29, 0.717) is 5.56 Å². The third-order valence-corrected chi connectivity index (χ3v) is 3.67. The summed E-state index contributed by atoms with van der Waals surface area (Å²) in [6.45, 7) is 3.91. The highest BCUT2D eigenvalue weighted by Gasteiger charge is 2.20. The molecule has 2 aromatic carbocycles. The van der Waals surface area contributed by atoms with Crippen LogP contribution in [0.1, 0.15) is 42.0 Å². The van der Waals surface area contributed by atoms with Crippen LogP contribution in [0.15, 0.2) is 48.5 Å². The maximum absolute atomic E-state index is 13.3. The molecule has 0 aliphatic rings. The molecule has 0 aliphatic carbocycles. The standard InChI is InChI=1S/C17H20FN/c1-3-15(13-7-5-4-6-8-13)17(19)14-9-10-16(18)12(2)11-14/h4-11,15,17H,3,19H2,1-2H3. The fourth-order valence-electron chi connectivity index (χ4n) is 2.50. The van der Waals surface area contributed by atoms with Gasteiger partial charge >= 0.3 is 0 Å². The highest BCUT2D eigenvalue weighted by atomic mass is 19.1. The van der Waals surface area contributed by atoms with Crippen LogP contribution in [-0.2, 0) is 0 Å². The van der Waals surface area contributed by atoms with Crippen LogP contribution in [0, 0.1) is 12.7 Å². The summed E-state index contributed by atoms with van der Waals surface area (Å²) in [7, 11) is 0. The van der Waals surface area contributed by atoms with Crippen molar-refractivity contribution in [3.63, 3.8) is 0 Å².